The predicted molar refractivity (Wildman–Crippen MR) is 64.8 cm³/mol. The Morgan fingerprint density at radius 3 is 2.75 bits per heavy atom. The van der Waals surface area contributed by atoms with Gasteiger partial charge >= 0.3 is 5.97 Å². The van der Waals surface area contributed by atoms with Crippen molar-refractivity contribution >= 4 is 27.6 Å². The summed E-state index contributed by atoms with van der Waals surface area (Å²) in [5, 5.41) is 4.36. The van der Waals surface area contributed by atoms with E-state index >= 15 is 0 Å². The van der Waals surface area contributed by atoms with Gasteiger partial charge in [0.1, 0.15) is 0 Å². The summed E-state index contributed by atoms with van der Waals surface area (Å²) in [5.74, 6) is 0.110. The highest BCUT2D eigenvalue weighted by molar-refractivity contribution is 9.08. The first-order chi connectivity index (χ1) is 7.69. The molecule has 0 fully saturated rings. The van der Waals surface area contributed by atoms with Gasteiger partial charge in [-0.1, -0.05) is 39.3 Å². The van der Waals surface area contributed by atoms with Crippen LogP contribution in [-0.2, 0) is 14.9 Å². The van der Waals surface area contributed by atoms with Crippen LogP contribution in [0.2, 0.25) is 0 Å². The van der Waals surface area contributed by atoms with Crippen molar-refractivity contribution in [2.75, 3.05) is 7.11 Å². The maximum atomic E-state index is 11.0. The molecule has 0 aliphatic carbocycles. The van der Waals surface area contributed by atoms with Crippen LogP contribution in [0.5, 0.6) is 5.75 Å². The number of carbonyl (C=O) groups is 1. The van der Waals surface area contributed by atoms with Crippen molar-refractivity contribution in [2.45, 2.75) is 12.3 Å². The van der Waals surface area contributed by atoms with Crippen molar-refractivity contribution in [2.24, 2.45) is 5.16 Å². The van der Waals surface area contributed by atoms with Gasteiger partial charge in [0, 0.05) is 10.9 Å². The zero-order valence-corrected chi connectivity index (χ0v) is 10.7. The fourth-order valence-electron chi connectivity index (χ4n) is 1.01. The molecule has 0 unspecified atom stereocenters. The Labute approximate surface area is 102 Å². The number of esters is 1. The number of alkyl halides is 1. The third kappa shape index (κ3) is 3.34. The summed E-state index contributed by atoms with van der Waals surface area (Å²) in [6.07, 6.45) is 0. The second-order valence-electron chi connectivity index (χ2n) is 3.00. The quantitative estimate of drug-likeness (QED) is 0.370. The number of oxime groups is 1. The van der Waals surface area contributed by atoms with E-state index in [4.69, 9.17) is 4.84 Å². The molecule has 0 amide bonds. The lowest BCUT2D eigenvalue weighted by Crippen LogP contribution is -2.12. The molecule has 0 spiro atoms. The van der Waals surface area contributed by atoms with Crippen LogP contribution in [0.3, 0.4) is 0 Å². The molecular formula is C11H12BrNO3. The number of rotatable bonds is 4. The molecule has 86 valence electrons. The van der Waals surface area contributed by atoms with E-state index in [1.165, 1.54) is 14.0 Å². The number of para-hydroxylation sites is 1. The lowest BCUT2D eigenvalue weighted by atomic mass is 10.2. The van der Waals surface area contributed by atoms with Crippen molar-refractivity contribution in [3.05, 3.63) is 29.8 Å². The van der Waals surface area contributed by atoms with E-state index in [-0.39, 0.29) is 5.71 Å². The summed E-state index contributed by atoms with van der Waals surface area (Å²) >= 11 is 3.34. The highest BCUT2D eigenvalue weighted by Crippen LogP contribution is 2.20. The zero-order valence-electron chi connectivity index (χ0n) is 9.07. The number of benzene rings is 1. The van der Waals surface area contributed by atoms with Crippen LogP contribution in [-0.4, -0.2) is 18.8 Å². The summed E-state index contributed by atoms with van der Waals surface area (Å²) in [4.78, 5) is 16.2. The summed E-state index contributed by atoms with van der Waals surface area (Å²) in [5.41, 5.74) is 1.13. The first-order valence-electron chi connectivity index (χ1n) is 4.62. The average molecular weight is 286 g/mol. The molecule has 4 nitrogen and oxygen atoms in total. The molecule has 0 aromatic heterocycles. The van der Waals surface area contributed by atoms with E-state index in [1.54, 1.807) is 6.07 Å². The number of halogens is 1. The van der Waals surface area contributed by atoms with Gasteiger partial charge in [-0.05, 0) is 13.0 Å². The number of nitrogens with zero attached hydrogens (tertiary/aromatic N) is 1. The van der Waals surface area contributed by atoms with E-state index in [2.05, 4.69) is 25.8 Å². The molecule has 0 atom stereocenters. The van der Waals surface area contributed by atoms with Gasteiger partial charge in [-0.25, -0.2) is 4.79 Å². The third-order valence-electron chi connectivity index (χ3n) is 1.88. The smallest absolute Gasteiger partial charge is 0.355 e. The van der Waals surface area contributed by atoms with Crippen molar-refractivity contribution in [3.8, 4) is 5.75 Å². The van der Waals surface area contributed by atoms with Gasteiger partial charge < -0.3 is 9.57 Å². The average Bonchev–Trinajstić information content (AvgIpc) is 2.35. The number of carbonyl (C=O) groups excluding carboxylic acids is 1. The number of hydrogen-bond acceptors (Lipinski definition) is 4. The van der Waals surface area contributed by atoms with Crippen molar-refractivity contribution in [1.82, 2.24) is 0 Å². The standard InChI is InChI=1S/C11H12BrNO3/c1-8(11(14)15-2)13-16-10-6-4-3-5-9(10)7-12/h3-6H,7H2,1-2H3/b13-8+. The van der Waals surface area contributed by atoms with Crippen LogP contribution in [0.15, 0.2) is 29.4 Å². The molecule has 1 rings (SSSR count). The Morgan fingerprint density at radius 1 is 1.44 bits per heavy atom. The second kappa shape index (κ2) is 6.27. The highest BCUT2D eigenvalue weighted by atomic mass is 79.9. The lowest BCUT2D eigenvalue weighted by molar-refractivity contribution is -0.132. The van der Waals surface area contributed by atoms with Crippen molar-refractivity contribution < 1.29 is 14.4 Å². The van der Waals surface area contributed by atoms with Gasteiger partial charge in [0.15, 0.2) is 11.5 Å². The molecule has 0 aliphatic heterocycles. The minimum atomic E-state index is -0.503. The van der Waals surface area contributed by atoms with Crippen molar-refractivity contribution in [3.63, 3.8) is 0 Å². The van der Waals surface area contributed by atoms with Crippen molar-refractivity contribution in [1.29, 1.82) is 0 Å². The Bertz CT molecular complexity index is 404. The molecule has 0 heterocycles. The molecule has 1 aromatic carbocycles. The first kappa shape index (κ1) is 12.7. The third-order valence-corrected chi connectivity index (χ3v) is 2.48. The van der Waals surface area contributed by atoms with E-state index in [9.17, 15) is 4.79 Å². The molecule has 1 aromatic rings. The minimum Gasteiger partial charge on any atom is -0.464 e. The van der Waals surface area contributed by atoms with Gasteiger partial charge in [0.05, 0.1) is 7.11 Å². The van der Waals surface area contributed by atoms with Gasteiger partial charge in [0.25, 0.3) is 0 Å². The monoisotopic (exact) mass is 285 g/mol. The van der Waals surface area contributed by atoms with E-state index in [1.807, 2.05) is 18.2 Å². The zero-order chi connectivity index (χ0) is 12.0. The lowest BCUT2D eigenvalue weighted by Gasteiger charge is -2.04. The largest absolute Gasteiger partial charge is 0.464 e. The van der Waals surface area contributed by atoms with E-state index in [0.717, 1.165) is 5.56 Å². The normalized spacial score (nSPS) is 11.1. The molecule has 0 saturated heterocycles. The molecule has 0 radical (unpaired) electrons. The Balaban J connectivity index is 2.77. The molecule has 0 saturated carbocycles. The van der Waals surface area contributed by atoms with Gasteiger partial charge in [0.2, 0.25) is 0 Å². The summed E-state index contributed by atoms with van der Waals surface area (Å²) < 4.78 is 4.50. The Morgan fingerprint density at radius 2 is 2.12 bits per heavy atom. The summed E-state index contributed by atoms with van der Waals surface area (Å²) in [6.45, 7) is 1.53. The molecular weight excluding hydrogens is 274 g/mol. The predicted octanol–water partition coefficient (Wildman–Crippen LogP) is 2.51. The summed E-state index contributed by atoms with van der Waals surface area (Å²) in [7, 11) is 1.30. The van der Waals surface area contributed by atoms with Crippen LogP contribution >= 0.6 is 15.9 Å². The summed E-state index contributed by atoms with van der Waals surface area (Å²) in [6, 6.07) is 7.43. The van der Waals surface area contributed by atoms with Crippen LogP contribution in [0, 0.1) is 0 Å². The maximum Gasteiger partial charge on any atom is 0.355 e. The number of hydrogen-bond donors (Lipinski definition) is 0. The molecule has 0 N–H and O–H groups in total. The van der Waals surface area contributed by atoms with Crippen LogP contribution in [0.1, 0.15) is 12.5 Å². The van der Waals surface area contributed by atoms with Crippen LogP contribution < -0.4 is 4.84 Å². The maximum absolute atomic E-state index is 11.0. The first-order valence-corrected chi connectivity index (χ1v) is 5.75. The second-order valence-corrected chi connectivity index (χ2v) is 3.56. The number of methoxy groups -OCH3 is 1. The van der Waals surface area contributed by atoms with Gasteiger partial charge in [-0.3, -0.25) is 0 Å². The molecule has 16 heavy (non-hydrogen) atoms. The minimum absolute atomic E-state index is 0.173. The Kier molecular flexibility index (Phi) is 4.98. The van der Waals surface area contributed by atoms with E-state index in [0.29, 0.717) is 11.1 Å². The fraction of sp³-hybridized carbons (Fsp3) is 0.273. The number of ether oxygens (including phenoxy) is 1. The molecule has 0 aliphatic rings. The molecule has 5 heteroatoms. The Hall–Kier alpha value is -1.36. The molecule has 0 bridgehead atoms. The highest BCUT2D eigenvalue weighted by Gasteiger charge is 2.06. The van der Waals surface area contributed by atoms with Crippen LogP contribution in [0.4, 0.5) is 0 Å². The van der Waals surface area contributed by atoms with Gasteiger partial charge in [-0.2, -0.15) is 0 Å². The van der Waals surface area contributed by atoms with Gasteiger partial charge in [-0.15, -0.1) is 0 Å². The topological polar surface area (TPSA) is 47.9 Å². The fourth-order valence-corrected chi connectivity index (χ4v) is 1.47. The van der Waals surface area contributed by atoms with E-state index < -0.39 is 5.97 Å². The SMILES string of the molecule is COC(=O)/C(C)=N/Oc1ccccc1CBr. The van der Waals surface area contributed by atoms with Crippen LogP contribution in [0.25, 0.3) is 0 Å².